The van der Waals surface area contributed by atoms with Crippen molar-refractivity contribution in [2.24, 2.45) is 0 Å². The zero-order valence-electron chi connectivity index (χ0n) is 10.9. The van der Waals surface area contributed by atoms with Gasteiger partial charge in [-0.1, -0.05) is 0 Å². The molecule has 2 saturated heterocycles. The van der Waals surface area contributed by atoms with Gasteiger partial charge >= 0.3 is 0 Å². The van der Waals surface area contributed by atoms with E-state index < -0.39 is 5.60 Å². The van der Waals surface area contributed by atoms with Gasteiger partial charge in [-0.15, -0.1) is 0 Å². The first-order valence-electron chi connectivity index (χ1n) is 6.68. The fourth-order valence-electron chi connectivity index (χ4n) is 2.91. The molecule has 2 rings (SSSR count). The highest BCUT2D eigenvalue weighted by molar-refractivity contribution is 4.90. The molecule has 0 saturated carbocycles. The van der Waals surface area contributed by atoms with Gasteiger partial charge < -0.3 is 5.11 Å². The summed E-state index contributed by atoms with van der Waals surface area (Å²) in [5.41, 5.74) is -0.410. The molecule has 94 valence electrons. The lowest BCUT2D eigenvalue weighted by atomic mass is 9.93. The summed E-state index contributed by atoms with van der Waals surface area (Å²) >= 11 is 0. The minimum atomic E-state index is -0.410. The average Bonchev–Trinajstić information content (AvgIpc) is 2.66. The summed E-state index contributed by atoms with van der Waals surface area (Å²) in [5.74, 6) is 0. The molecule has 1 unspecified atom stereocenters. The lowest BCUT2D eigenvalue weighted by Gasteiger charge is -2.39. The second-order valence-electron chi connectivity index (χ2n) is 6.06. The van der Waals surface area contributed by atoms with Crippen LogP contribution >= 0.6 is 0 Å². The molecule has 0 radical (unpaired) electrons. The Morgan fingerprint density at radius 2 is 1.81 bits per heavy atom. The highest BCUT2D eigenvalue weighted by atomic mass is 16.3. The van der Waals surface area contributed by atoms with Gasteiger partial charge in [-0.25, -0.2) is 0 Å². The van der Waals surface area contributed by atoms with Gasteiger partial charge in [0.25, 0.3) is 0 Å². The van der Waals surface area contributed by atoms with Gasteiger partial charge in [0.1, 0.15) is 0 Å². The number of rotatable bonds is 2. The van der Waals surface area contributed by atoms with Gasteiger partial charge in [-0.2, -0.15) is 0 Å². The fourth-order valence-corrected chi connectivity index (χ4v) is 2.91. The third-order valence-electron chi connectivity index (χ3n) is 4.32. The van der Waals surface area contributed by atoms with Crippen LogP contribution in [-0.4, -0.2) is 58.8 Å². The predicted molar refractivity (Wildman–Crippen MR) is 66.5 cm³/mol. The smallest absolute Gasteiger partial charge is 0.0644 e. The van der Waals surface area contributed by atoms with Crippen LogP contribution in [0.2, 0.25) is 0 Å². The quantitative estimate of drug-likeness (QED) is 0.769. The second kappa shape index (κ2) is 4.63. The van der Waals surface area contributed by atoms with Crippen molar-refractivity contribution in [2.45, 2.75) is 57.7 Å². The number of likely N-dealkylation sites (tertiary alicyclic amines) is 2. The van der Waals surface area contributed by atoms with Gasteiger partial charge in [0, 0.05) is 38.3 Å². The Labute approximate surface area is 99.4 Å². The van der Waals surface area contributed by atoms with Crippen LogP contribution in [0.25, 0.3) is 0 Å². The van der Waals surface area contributed by atoms with Gasteiger partial charge in [0.15, 0.2) is 0 Å². The first-order chi connectivity index (χ1) is 7.48. The standard InChI is InChI=1S/C13H26N2O/c1-11(2)15-7-4-12(10-15)14-8-5-13(3,16)6-9-14/h11-12,16H,4-10H2,1-3H3. The van der Waals surface area contributed by atoms with E-state index in [4.69, 9.17) is 0 Å². The number of aliphatic hydroxyl groups is 1. The Morgan fingerprint density at radius 1 is 1.19 bits per heavy atom. The zero-order chi connectivity index (χ0) is 11.8. The fraction of sp³-hybridized carbons (Fsp3) is 1.00. The summed E-state index contributed by atoms with van der Waals surface area (Å²) in [6.45, 7) is 11.1. The minimum absolute atomic E-state index is 0.410. The number of hydrogen-bond acceptors (Lipinski definition) is 3. The average molecular weight is 226 g/mol. The van der Waals surface area contributed by atoms with Crippen LogP contribution in [0.5, 0.6) is 0 Å². The van der Waals surface area contributed by atoms with Crippen molar-refractivity contribution in [1.29, 1.82) is 0 Å². The molecule has 2 aliphatic heterocycles. The maximum absolute atomic E-state index is 9.94. The van der Waals surface area contributed by atoms with E-state index in [1.807, 2.05) is 6.92 Å². The van der Waals surface area contributed by atoms with Crippen LogP contribution < -0.4 is 0 Å². The Kier molecular flexibility index (Phi) is 3.57. The molecule has 1 atom stereocenters. The third kappa shape index (κ3) is 2.76. The molecule has 0 spiro atoms. The summed E-state index contributed by atoms with van der Waals surface area (Å²) in [6, 6.07) is 1.41. The molecule has 3 heteroatoms. The van der Waals surface area contributed by atoms with Crippen LogP contribution in [0.1, 0.15) is 40.0 Å². The molecule has 2 heterocycles. The lowest BCUT2D eigenvalue weighted by Crippen LogP contribution is -2.48. The topological polar surface area (TPSA) is 26.7 Å². The molecule has 2 fully saturated rings. The van der Waals surface area contributed by atoms with Crippen molar-refractivity contribution in [1.82, 2.24) is 9.80 Å². The van der Waals surface area contributed by atoms with E-state index in [0.29, 0.717) is 6.04 Å². The Hall–Kier alpha value is -0.120. The molecule has 3 nitrogen and oxygen atoms in total. The maximum Gasteiger partial charge on any atom is 0.0644 e. The normalized spacial score (nSPS) is 32.4. The third-order valence-corrected chi connectivity index (χ3v) is 4.32. The zero-order valence-corrected chi connectivity index (χ0v) is 10.9. The van der Waals surface area contributed by atoms with Crippen LogP contribution in [0.15, 0.2) is 0 Å². The van der Waals surface area contributed by atoms with E-state index in [2.05, 4.69) is 23.6 Å². The molecule has 0 aromatic heterocycles. The van der Waals surface area contributed by atoms with E-state index in [-0.39, 0.29) is 0 Å². The molecule has 1 N–H and O–H groups in total. The van der Waals surface area contributed by atoms with Crippen molar-refractivity contribution in [3.05, 3.63) is 0 Å². The van der Waals surface area contributed by atoms with E-state index in [1.54, 1.807) is 0 Å². The van der Waals surface area contributed by atoms with Crippen molar-refractivity contribution >= 4 is 0 Å². The summed E-state index contributed by atoms with van der Waals surface area (Å²) in [7, 11) is 0. The highest BCUT2D eigenvalue weighted by Crippen LogP contribution is 2.26. The molecule has 0 amide bonds. The maximum atomic E-state index is 9.94. The van der Waals surface area contributed by atoms with Crippen LogP contribution in [0.3, 0.4) is 0 Å². The first kappa shape index (κ1) is 12.3. The van der Waals surface area contributed by atoms with Gasteiger partial charge in [-0.05, 0) is 40.0 Å². The summed E-state index contributed by atoms with van der Waals surface area (Å²) in [6.07, 6.45) is 3.18. The lowest BCUT2D eigenvalue weighted by molar-refractivity contribution is -0.0156. The Morgan fingerprint density at radius 3 is 2.31 bits per heavy atom. The molecule has 0 bridgehead atoms. The van der Waals surface area contributed by atoms with E-state index >= 15 is 0 Å². The van der Waals surface area contributed by atoms with Crippen LogP contribution in [-0.2, 0) is 0 Å². The molecule has 0 aromatic rings. The highest BCUT2D eigenvalue weighted by Gasteiger charge is 2.34. The molecule has 2 aliphatic rings. The predicted octanol–water partition coefficient (Wildman–Crippen LogP) is 1.32. The number of hydrogen-bond donors (Lipinski definition) is 1. The van der Waals surface area contributed by atoms with E-state index in [9.17, 15) is 5.11 Å². The summed E-state index contributed by atoms with van der Waals surface area (Å²) in [5, 5.41) is 9.94. The van der Waals surface area contributed by atoms with Crippen molar-refractivity contribution in [3.63, 3.8) is 0 Å². The Balaban J connectivity index is 1.82. The van der Waals surface area contributed by atoms with Gasteiger partial charge in [0.05, 0.1) is 5.60 Å². The number of piperidine rings is 1. The monoisotopic (exact) mass is 226 g/mol. The van der Waals surface area contributed by atoms with Crippen molar-refractivity contribution in [2.75, 3.05) is 26.2 Å². The van der Waals surface area contributed by atoms with E-state index in [1.165, 1.54) is 19.5 Å². The first-order valence-corrected chi connectivity index (χ1v) is 6.68. The molecular weight excluding hydrogens is 200 g/mol. The summed E-state index contributed by atoms with van der Waals surface area (Å²) < 4.78 is 0. The van der Waals surface area contributed by atoms with Gasteiger partial charge in [-0.3, -0.25) is 9.80 Å². The SMILES string of the molecule is CC(C)N1CCC(N2CCC(C)(O)CC2)C1. The second-order valence-corrected chi connectivity index (χ2v) is 6.06. The van der Waals surface area contributed by atoms with Crippen molar-refractivity contribution < 1.29 is 5.11 Å². The largest absolute Gasteiger partial charge is 0.390 e. The summed E-state index contributed by atoms with van der Waals surface area (Å²) in [4.78, 5) is 5.15. The molecule has 16 heavy (non-hydrogen) atoms. The van der Waals surface area contributed by atoms with Crippen LogP contribution in [0.4, 0.5) is 0 Å². The van der Waals surface area contributed by atoms with Crippen molar-refractivity contribution in [3.8, 4) is 0 Å². The molecular formula is C13H26N2O. The van der Waals surface area contributed by atoms with Crippen LogP contribution in [0, 0.1) is 0 Å². The number of nitrogens with zero attached hydrogens (tertiary/aromatic N) is 2. The van der Waals surface area contributed by atoms with Gasteiger partial charge in [0.2, 0.25) is 0 Å². The van der Waals surface area contributed by atoms with E-state index in [0.717, 1.165) is 32.0 Å². The Bertz CT molecular complexity index is 230. The molecule has 0 aliphatic carbocycles. The molecule has 0 aromatic carbocycles. The minimum Gasteiger partial charge on any atom is -0.390 e.